The second-order valence-electron chi connectivity index (χ2n) is 4.94. The van der Waals surface area contributed by atoms with E-state index in [9.17, 15) is 0 Å². The normalized spacial score (nSPS) is 9.91. The van der Waals surface area contributed by atoms with Gasteiger partial charge in [0, 0.05) is 6.07 Å². The van der Waals surface area contributed by atoms with Crippen LogP contribution in [0.1, 0.15) is 16.7 Å². The highest BCUT2D eigenvalue weighted by molar-refractivity contribution is 5.46. The minimum Gasteiger partial charge on any atom is -0.493 e. The van der Waals surface area contributed by atoms with E-state index in [0.29, 0.717) is 30.3 Å². The lowest BCUT2D eigenvalue weighted by Gasteiger charge is -2.12. The van der Waals surface area contributed by atoms with Gasteiger partial charge in [0.25, 0.3) is 0 Å². The Kier molecular flexibility index (Phi) is 5.26. The summed E-state index contributed by atoms with van der Waals surface area (Å²) in [5.41, 5.74) is 2.86. The number of hydrogen-bond acceptors (Lipinski definition) is 4. The summed E-state index contributed by atoms with van der Waals surface area (Å²) in [6, 6.07) is 13.2. The molecule has 0 aromatic heterocycles. The van der Waals surface area contributed by atoms with Gasteiger partial charge in [0.15, 0.2) is 11.5 Å². The van der Waals surface area contributed by atoms with E-state index < -0.39 is 0 Å². The third-order valence-corrected chi connectivity index (χ3v) is 3.22. The molecule has 4 nitrogen and oxygen atoms in total. The molecule has 2 aromatic carbocycles. The van der Waals surface area contributed by atoms with Gasteiger partial charge < -0.3 is 14.2 Å². The number of hydrogen-bond donors (Lipinski definition) is 0. The average Bonchev–Trinajstić information content (AvgIpc) is 2.53. The van der Waals surface area contributed by atoms with E-state index in [4.69, 9.17) is 19.5 Å². The van der Waals surface area contributed by atoms with Crippen LogP contribution in [0.4, 0.5) is 0 Å². The second kappa shape index (κ2) is 7.37. The third-order valence-electron chi connectivity index (χ3n) is 3.22. The Balaban J connectivity index is 1.90. The van der Waals surface area contributed by atoms with Gasteiger partial charge in [-0.3, -0.25) is 0 Å². The number of nitriles is 1. The van der Waals surface area contributed by atoms with Gasteiger partial charge in [-0.25, -0.2) is 0 Å². The average molecular weight is 297 g/mol. The third kappa shape index (κ3) is 3.92. The predicted molar refractivity (Wildman–Crippen MR) is 84.6 cm³/mol. The van der Waals surface area contributed by atoms with Gasteiger partial charge in [0.2, 0.25) is 0 Å². The summed E-state index contributed by atoms with van der Waals surface area (Å²) in [4.78, 5) is 0. The molecule has 4 heteroatoms. The van der Waals surface area contributed by atoms with Crippen LogP contribution < -0.4 is 14.2 Å². The zero-order chi connectivity index (χ0) is 15.9. The van der Waals surface area contributed by atoms with E-state index in [1.165, 1.54) is 5.56 Å². The van der Waals surface area contributed by atoms with E-state index in [1.807, 2.05) is 19.1 Å². The lowest BCUT2D eigenvalue weighted by Crippen LogP contribution is -2.10. The Labute approximate surface area is 130 Å². The molecule has 0 spiro atoms. The van der Waals surface area contributed by atoms with E-state index in [0.717, 1.165) is 11.3 Å². The summed E-state index contributed by atoms with van der Waals surface area (Å²) in [6.07, 6.45) is 0. The molecule has 2 aromatic rings. The van der Waals surface area contributed by atoms with Crippen molar-refractivity contribution in [2.24, 2.45) is 0 Å². The van der Waals surface area contributed by atoms with Crippen LogP contribution in [0.5, 0.6) is 17.2 Å². The van der Waals surface area contributed by atoms with Crippen LogP contribution in [-0.2, 0) is 0 Å². The van der Waals surface area contributed by atoms with Crippen LogP contribution >= 0.6 is 0 Å². The summed E-state index contributed by atoms with van der Waals surface area (Å²) in [7, 11) is 1.55. The highest BCUT2D eigenvalue weighted by Gasteiger charge is 2.06. The molecule has 0 heterocycles. The zero-order valence-corrected chi connectivity index (χ0v) is 13.1. The number of rotatable bonds is 6. The molecule has 0 radical (unpaired) electrons. The van der Waals surface area contributed by atoms with Gasteiger partial charge in [-0.15, -0.1) is 0 Å². The first kappa shape index (κ1) is 15.7. The molecule has 0 N–H and O–H groups in total. The molecule has 0 saturated heterocycles. The quantitative estimate of drug-likeness (QED) is 0.764. The van der Waals surface area contributed by atoms with Crippen molar-refractivity contribution in [3.8, 4) is 23.3 Å². The molecular formula is C18H19NO3. The molecule has 0 bridgehead atoms. The maximum Gasteiger partial charge on any atom is 0.162 e. The van der Waals surface area contributed by atoms with E-state index in [-0.39, 0.29) is 0 Å². The zero-order valence-electron chi connectivity index (χ0n) is 13.1. The Morgan fingerprint density at radius 1 is 0.909 bits per heavy atom. The Morgan fingerprint density at radius 3 is 2.23 bits per heavy atom. The predicted octanol–water partition coefficient (Wildman–Crippen LogP) is 3.64. The smallest absolute Gasteiger partial charge is 0.162 e. The maximum absolute atomic E-state index is 8.87. The molecule has 0 atom stereocenters. The highest BCUT2D eigenvalue weighted by Crippen LogP contribution is 2.27. The van der Waals surface area contributed by atoms with Crippen molar-refractivity contribution in [2.75, 3.05) is 20.3 Å². The number of benzene rings is 2. The fraction of sp³-hybridized carbons (Fsp3) is 0.278. The summed E-state index contributed by atoms with van der Waals surface area (Å²) < 4.78 is 16.6. The lowest BCUT2D eigenvalue weighted by molar-refractivity contribution is 0.210. The van der Waals surface area contributed by atoms with Crippen LogP contribution in [0.2, 0.25) is 0 Å². The molecule has 0 aliphatic heterocycles. The number of methoxy groups -OCH3 is 1. The lowest BCUT2D eigenvalue weighted by atomic mass is 10.1. The molecule has 0 unspecified atom stereocenters. The van der Waals surface area contributed by atoms with E-state index in [2.05, 4.69) is 19.1 Å². The van der Waals surface area contributed by atoms with Crippen molar-refractivity contribution in [1.29, 1.82) is 5.26 Å². The van der Waals surface area contributed by atoms with Crippen LogP contribution in [0, 0.1) is 25.2 Å². The Hall–Kier alpha value is -2.67. The maximum atomic E-state index is 8.87. The monoisotopic (exact) mass is 297 g/mol. The molecule has 0 aliphatic rings. The van der Waals surface area contributed by atoms with Crippen LogP contribution in [0.3, 0.4) is 0 Å². The number of nitrogens with zero attached hydrogens (tertiary/aromatic N) is 1. The Bertz CT molecular complexity index is 689. The molecule has 0 aliphatic carbocycles. The summed E-state index contributed by atoms with van der Waals surface area (Å²) in [5, 5.41) is 8.87. The SMILES string of the molecule is COc1cc(C#N)ccc1OCCOc1ccc(C)cc1C. The highest BCUT2D eigenvalue weighted by atomic mass is 16.5. The minimum atomic E-state index is 0.398. The number of aryl methyl sites for hydroxylation is 2. The fourth-order valence-corrected chi connectivity index (χ4v) is 2.12. The molecular weight excluding hydrogens is 278 g/mol. The van der Waals surface area contributed by atoms with Gasteiger partial charge in [0.05, 0.1) is 18.7 Å². The summed E-state index contributed by atoms with van der Waals surface area (Å²) >= 11 is 0. The first-order valence-electron chi connectivity index (χ1n) is 7.05. The van der Waals surface area contributed by atoms with Crippen molar-refractivity contribution < 1.29 is 14.2 Å². The topological polar surface area (TPSA) is 51.5 Å². The second-order valence-corrected chi connectivity index (χ2v) is 4.94. The first-order chi connectivity index (χ1) is 10.6. The molecule has 0 saturated carbocycles. The van der Waals surface area contributed by atoms with Crippen molar-refractivity contribution >= 4 is 0 Å². The van der Waals surface area contributed by atoms with Crippen molar-refractivity contribution in [3.63, 3.8) is 0 Å². The molecule has 0 amide bonds. The molecule has 0 fully saturated rings. The van der Waals surface area contributed by atoms with Gasteiger partial charge in [-0.2, -0.15) is 5.26 Å². The van der Waals surface area contributed by atoms with Crippen LogP contribution in [0.15, 0.2) is 36.4 Å². The first-order valence-corrected chi connectivity index (χ1v) is 7.05. The van der Waals surface area contributed by atoms with Crippen LogP contribution in [0.25, 0.3) is 0 Å². The number of ether oxygens (including phenoxy) is 3. The van der Waals surface area contributed by atoms with Crippen molar-refractivity contribution in [2.45, 2.75) is 13.8 Å². The molecule has 114 valence electrons. The van der Waals surface area contributed by atoms with E-state index in [1.54, 1.807) is 25.3 Å². The molecule has 2 rings (SSSR count). The van der Waals surface area contributed by atoms with Gasteiger partial charge in [-0.05, 0) is 37.6 Å². The summed E-state index contributed by atoms with van der Waals surface area (Å²) in [5.74, 6) is 2.01. The van der Waals surface area contributed by atoms with Crippen molar-refractivity contribution in [1.82, 2.24) is 0 Å². The van der Waals surface area contributed by atoms with Crippen LogP contribution in [-0.4, -0.2) is 20.3 Å². The minimum absolute atomic E-state index is 0.398. The van der Waals surface area contributed by atoms with Gasteiger partial charge >= 0.3 is 0 Å². The fourth-order valence-electron chi connectivity index (χ4n) is 2.12. The van der Waals surface area contributed by atoms with Gasteiger partial charge in [-0.1, -0.05) is 17.7 Å². The standard InChI is InChI=1S/C18H19NO3/c1-13-4-6-16(14(2)10-13)21-8-9-22-17-7-5-15(12-19)11-18(17)20-3/h4-7,10-11H,8-9H2,1-3H3. The largest absolute Gasteiger partial charge is 0.493 e. The van der Waals surface area contributed by atoms with Crippen molar-refractivity contribution in [3.05, 3.63) is 53.1 Å². The summed E-state index contributed by atoms with van der Waals surface area (Å²) in [6.45, 7) is 4.91. The Morgan fingerprint density at radius 2 is 1.59 bits per heavy atom. The van der Waals surface area contributed by atoms with Gasteiger partial charge in [0.1, 0.15) is 19.0 Å². The molecule has 22 heavy (non-hydrogen) atoms. The van der Waals surface area contributed by atoms with E-state index >= 15 is 0 Å².